The van der Waals surface area contributed by atoms with Crippen molar-refractivity contribution in [2.24, 2.45) is 0 Å². The van der Waals surface area contributed by atoms with E-state index in [1.165, 1.54) is 13.8 Å². The summed E-state index contributed by atoms with van der Waals surface area (Å²) in [5.41, 5.74) is 13.0. The Hall–Kier alpha value is -0.673. The molecule has 0 saturated carbocycles. The molecular weight excluding hydrogens is 223 g/mol. The fourth-order valence-corrected chi connectivity index (χ4v) is 2.58. The maximum Gasteiger partial charge on any atom is 1.00 e. The molecule has 0 atom stereocenters. The molecule has 0 radical (unpaired) electrons. The molecule has 0 spiro atoms. The molecule has 0 bridgehead atoms. The van der Waals surface area contributed by atoms with Gasteiger partial charge in [-0.05, 0) is 37.5 Å². The third-order valence-corrected chi connectivity index (χ3v) is 3.66. The van der Waals surface area contributed by atoms with Crippen LogP contribution in [0.2, 0.25) is 0 Å². The monoisotopic (exact) mass is 236 g/mol. The first-order valence-electron chi connectivity index (χ1n) is 4.28. The average molecular weight is 236 g/mol. The minimum absolute atomic E-state index is 0. The normalized spacial score (nSPS) is 11.0. The Balaban J connectivity index is 0.00000225. The van der Waals surface area contributed by atoms with Crippen LogP contribution < -0.4 is 30.3 Å². The molecule has 0 fully saturated rings. The van der Waals surface area contributed by atoms with Gasteiger partial charge in [0.25, 0.3) is 0 Å². The summed E-state index contributed by atoms with van der Waals surface area (Å²) in [5.74, 6) is 0. The molecule has 84 valence electrons. The van der Waals surface area contributed by atoms with Crippen LogP contribution in [0, 0.1) is 20.8 Å². The minimum Gasteiger partial charge on any atom is -0.744 e. The minimum atomic E-state index is -4.54. The van der Waals surface area contributed by atoms with E-state index in [0.717, 1.165) is 0 Å². The van der Waals surface area contributed by atoms with Gasteiger partial charge in [-0.25, -0.2) is 8.42 Å². The molecule has 16 heavy (non-hydrogen) atoms. The molecule has 0 unspecified atom stereocenters. The average Bonchev–Trinajstić information content (AvgIpc) is 2.09. The number of rotatable bonds is 1. The third kappa shape index (κ3) is 2.35. The predicted octanol–water partition coefficient (Wildman–Crippen LogP) is -2.32. The maximum absolute atomic E-state index is 11.0. The van der Waals surface area contributed by atoms with E-state index in [4.69, 9.17) is 11.5 Å². The molecule has 0 aliphatic heterocycles. The van der Waals surface area contributed by atoms with Gasteiger partial charge in [0.2, 0.25) is 0 Å². The van der Waals surface area contributed by atoms with Crippen molar-refractivity contribution in [3.8, 4) is 0 Å². The molecule has 0 heterocycles. The predicted molar refractivity (Wildman–Crippen MR) is 57.4 cm³/mol. The summed E-state index contributed by atoms with van der Waals surface area (Å²) in [6, 6.07) is 0. The molecule has 7 heteroatoms. The molecule has 5 nitrogen and oxygen atoms in total. The fraction of sp³-hybridized carbons (Fsp3) is 0.333. The van der Waals surface area contributed by atoms with Crippen molar-refractivity contribution in [2.45, 2.75) is 25.7 Å². The number of anilines is 2. The summed E-state index contributed by atoms with van der Waals surface area (Å²) >= 11 is 0. The van der Waals surface area contributed by atoms with Crippen molar-refractivity contribution in [2.75, 3.05) is 11.5 Å². The van der Waals surface area contributed by atoms with Crippen molar-refractivity contribution in [1.82, 2.24) is 0 Å². The summed E-state index contributed by atoms with van der Waals surface area (Å²) < 4.78 is 33.1. The SMILES string of the molecule is Cc1c(N)c(C)c(S(=O)(=O)[O-])c(C)c1N.[Li+]. The molecule has 1 aromatic rings. The fourth-order valence-electron chi connectivity index (χ4n) is 1.61. The summed E-state index contributed by atoms with van der Waals surface area (Å²) in [6.07, 6.45) is 0. The quantitative estimate of drug-likeness (QED) is 0.323. The largest absolute Gasteiger partial charge is 1.00 e. The van der Waals surface area contributed by atoms with E-state index in [-0.39, 0.29) is 46.3 Å². The van der Waals surface area contributed by atoms with Crippen LogP contribution in [0.15, 0.2) is 4.90 Å². The van der Waals surface area contributed by atoms with Crippen LogP contribution in [-0.4, -0.2) is 13.0 Å². The standard InChI is InChI=1S/C9H14N2O3S.Li/c1-4-7(10)5(2)9(15(12,13)14)6(3)8(4)11;/h10-11H2,1-3H3,(H,12,13,14);/q;+1/p-1. The van der Waals surface area contributed by atoms with E-state index in [0.29, 0.717) is 5.56 Å². The summed E-state index contributed by atoms with van der Waals surface area (Å²) in [6.45, 7) is 4.69. The van der Waals surface area contributed by atoms with E-state index < -0.39 is 10.1 Å². The number of nitrogens with two attached hydrogens (primary N) is 2. The van der Waals surface area contributed by atoms with Crippen LogP contribution in [0.4, 0.5) is 11.4 Å². The van der Waals surface area contributed by atoms with Crippen molar-refractivity contribution >= 4 is 21.5 Å². The van der Waals surface area contributed by atoms with Gasteiger partial charge >= 0.3 is 18.9 Å². The topological polar surface area (TPSA) is 109 Å². The molecular formula is C9H13LiN2O3S. The van der Waals surface area contributed by atoms with Gasteiger partial charge in [-0.2, -0.15) is 0 Å². The Morgan fingerprint density at radius 2 is 1.25 bits per heavy atom. The van der Waals surface area contributed by atoms with Gasteiger partial charge in [-0.15, -0.1) is 0 Å². The van der Waals surface area contributed by atoms with E-state index >= 15 is 0 Å². The van der Waals surface area contributed by atoms with Gasteiger partial charge in [-0.3, -0.25) is 0 Å². The van der Waals surface area contributed by atoms with E-state index in [1.54, 1.807) is 6.92 Å². The second-order valence-corrected chi connectivity index (χ2v) is 4.80. The first kappa shape index (κ1) is 15.3. The molecule has 0 amide bonds. The molecule has 0 aliphatic carbocycles. The van der Waals surface area contributed by atoms with Gasteiger partial charge in [0, 0.05) is 11.4 Å². The van der Waals surface area contributed by atoms with Crippen LogP contribution in [0.25, 0.3) is 0 Å². The number of hydrogen-bond donors (Lipinski definition) is 2. The number of hydrogen-bond acceptors (Lipinski definition) is 5. The summed E-state index contributed by atoms with van der Waals surface area (Å²) in [5, 5.41) is 0. The summed E-state index contributed by atoms with van der Waals surface area (Å²) in [7, 11) is -4.54. The zero-order chi connectivity index (χ0) is 12.0. The number of nitrogen functional groups attached to an aromatic ring is 2. The van der Waals surface area contributed by atoms with Crippen LogP contribution in [0.1, 0.15) is 16.7 Å². The third-order valence-electron chi connectivity index (χ3n) is 2.55. The Bertz CT molecular complexity index is 497. The van der Waals surface area contributed by atoms with E-state index in [1.807, 2.05) is 0 Å². The second-order valence-electron chi connectivity index (χ2n) is 3.49. The molecule has 0 aliphatic rings. The van der Waals surface area contributed by atoms with E-state index in [9.17, 15) is 13.0 Å². The second kappa shape index (κ2) is 4.68. The zero-order valence-corrected chi connectivity index (χ0v) is 10.6. The van der Waals surface area contributed by atoms with Gasteiger partial charge in [0.15, 0.2) is 0 Å². The molecule has 1 rings (SSSR count). The maximum atomic E-state index is 11.0. The smallest absolute Gasteiger partial charge is 0.744 e. The number of benzene rings is 1. The van der Waals surface area contributed by atoms with Crippen LogP contribution in [0.5, 0.6) is 0 Å². The van der Waals surface area contributed by atoms with Gasteiger partial charge in [0.1, 0.15) is 10.1 Å². The van der Waals surface area contributed by atoms with Crippen molar-refractivity contribution in [3.63, 3.8) is 0 Å². The molecule has 4 N–H and O–H groups in total. The van der Waals surface area contributed by atoms with Crippen molar-refractivity contribution in [1.29, 1.82) is 0 Å². The Morgan fingerprint density at radius 1 is 0.938 bits per heavy atom. The van der Waals surface area contributed by atoms with Crippen molar-refractivity contribution < 1.29 is 31.8 Å². The Kier molecular flexibility index (Phi) is 4.48. The molecule has 1 aromatic carbocycles. The molecule has 0 aromatic heterocycles. The van der Waals surface area contributed by atoms with Crippen LogP contribution in [0.3, 0.4) is 0 Å². The van der Waals surface area contributed by atoms with Gasteiger partial charge in [0.05, 0.1) is 4.90 Å². The first-order chi connectivity index (χ1) is 6.68. The van der Waals surface area contributed by atoms with Gasteiger partial charge in [-0.1, -0.05) is 0 Å². The van der Waals surface area contributed by atoms with Gasteiger partial charge < -0.3 is 16.0 Å². The zero-order valence-electron chi connectivity index (χ0n) is 9.79. The van der Waals surface area contributed by atoms with Crippen LogP contribution in [-0.2, 0) is 10.1 Å². The first-order valence-corrected chi connectivity index (χ1v) is 5.69. The van der Waals surface area contributed by atoms with Crippen molar-refractivity contribution in [3.05, 3.63) is 16.7 Å². The Morgan fingerprint density at radius 3 is 1.50 bits per heavy atom. The Labute approximate surface area is 107 Å². The molecule has 0 saturated heterocycles. The van der Waals surface area contributed by atoms with E-state index in [2.05, 4.69) is 0 Å². The van der Waals surface area contributed by atoms with Crippen LogP contribution >= 0.6 is 0 Å². The summed E-state index contributed by atoms with van der Waals surface area (Å²) in [4.78, 5) is -0.303.